The molecular formula is C27H32N2O5. The zero-order valence-corrected chi connectivity index (χ0v) is 19.9. The van der Waals surface area contributed by atoms with Crippen LogP contribution in [0.25, 0.3) is 11.1 Å². The zero-order chi connectivity index (χ0) is 24.4. The lowest BCUT2D eigenvalue weighted by Crippen LogP contribution is -2.51. The molecule has 180 valence electrons. The average Bonchev–Trinajstić information content (AvgIpc) is 3.41. The molecule has 1 fully saturated rings. The second kappa shape index (κ2) is 9.87. The van der Waals surface area contributed by atoms with Crippen LogP contribution in [-0.4, -0.2) is 53.2 Å². The van der Waals surface area contributed by atoms with E-state index in [2.05, 4.69) is 29.6 Å². The number of nitrogens with zero attached hydrogens (tertiary/aromatic N) is 1. The molecule has 1 heterocycles. The molecule has 0 radical (unpaired) electrons. The van der Waals surface area contributed by atoms with Crippen molar-refractivity contribution >= 4 is 18.0 Å². The van der Waals surface area contributed by atoms with Gasteiger partial charge in [-0.1, -0.05) is 62.4 Å². The third-order valence-corrected chi connectivity index (χ3v) is 7.05. The number of aliphatic carboxylic acids is 1. The van der Waals surface area contributed by atoms with Gasteiger partial charge in [0, 0.05) is 18.5 Å². The summed E-state index contributed by atoms with van der Waals surface area (Å²) < 4.78 is 5.64. The first-order chi connectivity index (χ1) is 16.3. The molecule has 0 aromatic heterocycles. The van der Waals surface area contributed by atoms with Gasteiger partial charge in [0.15, 0.2) is 0 Å². The highest BCUT2D eigenvalue weighted by Crippen LogP contribution is 2.44. The molecule has 7 nitrogen and oxygen atoms in total. The summed E-state index contributed by atoms with van der Waals surface area (Å²) in [6.07, 6.45) is 0.547. The number of alkyl carbamates (subject to hydrolysis) is 1. The quantitative estimate of drug-likeness (QED) is 0.638. The lowest BCUT2D eigenvalue weighted by atomic mass is 9.87. The van der Waals surface area contributed by atoms with Gasteiger partial charge in [0.05, 0.1) is 5.92 Å². The van der Waals surface area contributed by atoms with Crippen LogP contribution in [0.2, 0.25) is 0 Å². The van der Waals surface area contributed by atoms with Gasteiger partial charge >= 0.3 is 12.1 Å². The van der Waals surface area contributed by atoms with E-state index in [1.807, 2.05) is 38.1 Å². The number of benzene rings is 2. The van der Waals surface area contributed by atoms with Gasteiger partial charge in [-0.3, -0.25) is 4.79 Å². The van der Waals surface area contributed by atoms with Gasteiger partial charge in [0.1, 0.15) is 12.6 Å². The summed E-state index contributed by atoms with van der Waals surface area (Å²) in [4.78, 5) is 39.0. The summed E-state index contributed by atoms with van der Waals surface area (Å²) in [6.45, 7) is 6.21. The standard InChI is InChI=1S/C27H32N2O5/c1-16(2)24(25(30)29-14-8-13-23(29)26(31)32)17(3)28-27(33)34-15-22-20-11-6-4-9-18(20)19-10-5-7-12-21(19)22/h4-7,9-12,16-17,22-24H,8,13-15H2,1-3H3,(H,28,33)(H,31,32)/t17?,23-,24?/m0/s1. The van der Waals surface area contributed by atoms with Gasteiger partial charge < -0.3 is 20.1 Å². The lowest BCUT2D eigenvalue weighted by molar-refractivity contribution is -0.151. The first-order valence-electron chi connectivity index (χ1n) is 11.9. The monoisotopic (exact) mass is 464 g/mol. The molecule has 7 heteroatoms. The zero-order valence-electron chi connectivity index (χ0n) is 19.9. The maximum absolute atomic E-state index is 13.2. The Morgan fingerprint density at radius 1 is 1.03 bits per heavy atom. The van der Waals surface area contributed by atoms with Crippen LogP contribution in [0, 0.1) is 11.8 Å². The van der Waals surface area contributed by atoms with Crippen molar-refractivity contribution in [3.05, 3.63) is 59.7 Å². The van der Waals surface area contributed by atoms with E-state index in [1.165, 1.54) is 4.90 Å². The molecule has 34 heavy (non-hydrogen) atoms. The third kappa shape index (κ3) is 4.52. The maximum atomic E-state index is 13.2. The predicted molar refractivity (Wildman–Crippen MR) is 128 cm³/mol. The summed E-state index contributed by atoms with van der Waals surface area (Å²) >= 11 is 0. The molecule has 1 saturated heterocycles. The van der Waals surface area contributed by atoms with Crippen molar-refractivity contribution in [2.45, 2.75) is 51.6 Å². The SMILES string of the molecule is CC(C)C(C(=O)N1CCC[C@H]1C(=O)O)C(C)NC(=O)OCC1c2ccccc2-c2ccccc21. The Morgan fingerprint density at radius 3 is 2.18 bits per heavy atom. The van der Waals surface area contributed by atoms with E-state index in [0.717, 1.165) is 22.3 Å². The molecular weight excluding hydrogens is 432 g/mol. The summed E-state index contributed by atoms with van der Waals surface area (Å²) in [5, 5.41) is 12.3. The molecule has 0 bridgehead atoms. The van der Waals surface area contributed by atoms with Crippen LogP contribution >= 0.6 is 0 Å². The summed E-state index contributed by atoms with van der Waals surface area (Å²) in [6, 6.07) is 15.0. The number of ether oxygens (including phenoxy) is 1. The Kier molecular flexibility index (Phi) is 6.91. The van der Waals surface area contributed by atoms with Crippen LogP contribution in [-0.2, 0) is 14.3 Å². The number of rotatable bonds is 7. The largest absolute Gasteiger partial charge is 0.480 e. The topological polar surface area (TPSA) is 95.9 Å². The molecule has 2 aromatic rings. The van der Waals surface area contributed by atoms with Crippen LogP contribution in [0.1, 0.15) is 50.7 Å². The second-order valence-electron chi connectivity index (χ2n) is 9.56. The smallest absolute Gasteiger partial charge is 0.407 e. The molecule has 2 aromatic carbocycles. The highest BCUT2D eigenvalue weighted by Gasteiger charge is 2.40. The van der Waals surface area contributed by atoms with Crippen LogP contribution < -0.4 is 5.32 Å². The van der Waals surface area contributed by atoms with Gasteiger partial charge in [0.2, 0.25) is 5.91 Å². The maximum Gasteiger partial charge on any atom is 0.407 e. The van der Waals surface area contributed by atoms with Crippen LogP contribution in [0.15, 0.2) is 48.5 Å². The number of hydrogen-bond acceptors (Lipinski definition) is 4. The van der Waals surface area contributed by atoms with E-state index < -0.39 is 30.1 Å². The highest BCUT2D eigenvalue weighted by molar-refractivity contribution is 5.86. The molecule has 2 N–H and O–H groups in total. The first-order valence-corrected chi connectivity index (χ1v) is 11.9. The van der Waals surface area contributed by atoms with E-state index in [-0.39, 0.29) is 24.3 Å². The van der Waals surface area contributed by atoms with Gasteiger partial charge in [-0.2, -0.15) is 0 Å². The Hall–Kier alpha value is -3.35. The molecule has 2 aliphatic rings. The number of nitrogens with one attached hydrogen (secondary N) is 1. The van der Waals surface area contributed by atoms with Crippen molar-refractivity contribution in [1.82, 2.24) is 10.2 Å². The molecule has 1 aliphatic carbocycles. The fraction of sp³-hybridized carbons (Fsp3) is 0.444. The fourth-order valence-electron chi connectivity index (χ4n) is 5.47. The Labute approximate surface area is 200 Å². The number of carbonyl (C=O) groups is 3. The van der Waals surface area contributed by atoms with E-state index in [4.69, 9.17) is 4.74 Å². The lowest BCUT2D eigenvalue weighted by Gasteiger charge is -2.32. The van der Waals surface area contributed by atoms with Gasteiger partial charge in [-0.15, -0.1) is 0 Å². The van der Waals surface area contributed by atoms with Crippen LogP contribution in [0.4, 0.5) is 4.79 Å². The van der Waals surface area contributed by atoms with Gasteiger partial charge in [-0.25, -0.2) is 9.59 Å². The minimum absolute atomic E-state index is 0.0445. The number of amides is 2. The summed E-state index contributed by atoms with van der Waals surface area (Å²) in [7, 11) is 0. The summed E-state index contributed by atoms with van der Waals surface area (Å²) in [5.74, 6) is -1.87. The first kappa shape index (κ1) is 23.8. The number of carboxylic acid groups (broad SMARTS) is 1. The molecule has 0 spiro atoms. The normalized spacial score (nSPS) is 18.8. The number of hydrogen-bond donors (Lipinski definition) is 2. The average molecular weight is 465 g/mol. The minimum atomic E-state index is -0.981. The molecule has 1 aliphatic heterocycles. The van der Waals surface area contributed by atoms with Crippen LogP contribution in [0.5, 0.6) is 0 Å². The Morgan fingerprint density at radius 2 is 1.62 bits per heavy atom. The second-order valence-corrected chi connectivity index (χ2v) is 9.56. The third-order valence-electron chi connectivity index (χ3n) is 7.05. The number of fused-ring (bicyclic) bond motifs is 3. The number of carboxylic acids is 1. The fourth-order valence-corrected chi connectivity index (χ4v) is 5.47. The summed E-state index contributed by atoms with van der Waals surface area (Å²) in [5.41, 5.74) is 4.58. The van der Waals surface area contributed by atoms with Crippen molar-refractivity contribution < 1.29 is 24.2 Å². The van der Waals surface area contributed by atoms with Crippen molar-refractivity contribution in [2.75, 3.05) is 13.2 Å². The Balaban J connectivity index is 1.41. The van der Waals surface area contributed by atoms with E-state index in [9.17, 15) is 19.5 Å². The van der Waals surface area contributed by atoms with E-state index in [0.29, 0.717) is 19.4 Å². The van der Waals surface area contributed by atoms with E-state index in [1.54, 1.807) is 6.92 Å². The molecule has 0 saturated carbocycles. The number of likely N-dealkylation sites (tertiary alicyclic amines) is 1. The molecule has 4 rings (SSSR count). The molecule has 3 atom stereocenters. The van der Waals surface area contributed by atoms with Crippen LogP contribution in [0.3, 0.4) is 0 Å². The van der Waals surface area contributed by atoms with Crippen molar-refractivity contribution in [3.63, 3.8) is 0 Å². The van der Waals surface area contributed by atoms with Gasteiger partial charge in [-0.05, 0) is 47.9 Å². The minimum Gasteiger partial charge on any atom is -0.480 e. The van der Waals surface area contributed by atoms with Crippen molar-refractivity contribution in [3.8, 4) is 11.1 Å². The molecule has 2 unspecified atom stereocenters. The number of carbonyl (C=O) groups excluding carboxylic acids is 2. The highest BCUT2D eigenvalue weighted by atomic mass is 16.5. The molecule has 2 amide bonds. The predicted octanol–water partition coefficient (Wildman–Crippen LogP) is 4.26. The van der Waals surface area contributed by atoms with Crippen molar-refractivity contribution in [1.29, 1.82) is 0 Å². The van der Waals surface area contributed by atoms with Gasteiger partial charge in [0.25, 0.3) is 0 Å². The van der Waals surface area contributed by atoms with E-state index >= 15 is 0 Å². The van der Waals surface area contributed by atoms with Crippen molar-refractivity contribution in [2.24, 2.45) is 11.8 Å². The Bertz CT molecular complexity index is 1040.